The van der Waals surface area contributed by atoms with Gasteiger partial charge >= 0.3 is 12.1 Å². The largest absolute Gasteiger partial charge is 0.480 e. The number of aliphatic imine (C=N–C) groups is 1. The molecule has 0 aromatic heterocycles. The molecule has 500 valence electrons. The normalized spacial score (nSPS) is 30.3. The van der Waals surface area contributed by atoms with Gasteiger partial charge in [0.15, 0.2) is 5.78 Å². The predicted octanol–water partition coefficient (Wildman–Crippen LogP) is 11.3. The molecule has 7 N–H and O–H groups in total. The van der Waals surface area contributed by atoms with E-state index in [1.54, 1.807) is 41.5 Å². The second-order valence-electron chi connectivity index (χ2n) is 27.6. The number of aliphatic hydroxyl groups is 3. The number of carbonyl (C=O) groups excluding carboxylic acids is 5. The van der Waals surface area contributed by atoms with Crippen molar-refractivity contribution in [3.8, 4) is 0 Å². The number of amides is 1. The Hall–Kier alpha value is -6.57. The number of ether oxygens (including phenoxy) is 1. The van der Waals surface area contributed by atoms with E-state index in [9.17, 15) is 49.2 Å². The maximum atomic E-state index is 12.2. The van der Waals surface area contributed by atoms with Crippen molar-refractivity contribution in [2.75, 3.05) is 0 Å². The van der Waals surface area contributed by atoms with Crippen LogP contribution < -0.4 is 11.1 Å². The van der Waals surface area contributed by atoms with Crippen LogP contribution in [0.2, 0.25) is 0 Å². The van der Waals surface area contributed by atoms with Gasteiger partial charge in [-0.15, -0.1) is 0 Å². The number of carboxylic acids is 1. The van der Waals surface area contributed by atoms with E-state index >= 15 is 0 Å². The average Bonchev–Trinajstić information content (AvgIpc) is 0.782. The summed E-state index contributed by atoms with van der Waals surface area (Å²) in [5.74, 6) is -0.103. The Kier molecular flexibility index (Phi) is 26.5. The monoisotopic (exact) mass is 1260 g/mol. The van der Waals surface area contributed by atoms with Crippen LogP contribution in [0.1, 0.15) is 193 Å². The molecule has 4 aromatic carbocycles. The Morgan fingerprint density at radius 1 is 0.554 bits per heavy atom. The van der Waals surface area contributed by atoms with Crippen molar-refractivity contribution in [1.82, 2.24) is 20.0 Å². The number of rotatable bonds is 12. The van der Waals surface area contributed by atoms with Crippen molar-refractivity contribution < 1.29 is 53.9 Å². The fourth-order valence-electron chi connectivity index (χ4n) is 15.3. The highest BCUT2D eigenvalue weighted by atomic mass is 16.6. The Balaban J connectivity index is 0.000000160. The van der Waals surface area contributed by atoms with Crippen molar-refractivity contribution in [3.63, 3.8) is 0 Å². The van der Waals surface area contributed by atoms with Crippen LogP contribution in [0.4, 0.5) is 4.79 Å². The number of fused-ring (bicyclic) bond motifs is 11. The maximum absolute atomic E-state index is 12.2. The summed E-state index contributed by atoms with van der Waals surface area (Å²) in [5.41, 5.74) is 9.82. The molecule has 0 radical (unpaired) electrons. The summed E-state index contributed by atoms with van der Waals surface area (Å²) in [6.07, 6.45) is 14.1. The molecule has 17 nitrogen and oxygen atoms in total. The van der Waals surface area contributed by atoms with E-state index in [1.165, 1.54) is 41.1 Å². The first-order valence-corrected chi connectivity index (χ1v) is 33.4. The second kappa shape index (κ2) is 33.5. The molecular formula is C75H104N6O11. The number of piperidine rings is 7. The van der Waals surface area contributed by atoms with Crippen LogP contribution in [0.15, 0.2) is 138 Å². The number of Topliss-reactive ketones (excluding diaryl/α,β-unsaturated/α-hetero) is 4. The maximum Gasteiger partial charge on any atom is 0.411 e. The molecule has 8 aliphatic heterocycles. The van der Waals surface area contributed by atoms with E-state index in [2.05, 4.69) is 82.5 Å². The van der Waals surface area contributed by atoms with E-state index < -0.39 is 35.7 Å². The minimum absolute atomic E-state index is 0.0113. The number of aliphatic hydroxyl groups excluding tert-OH is 3. The number of aliphatic carboxylic acids is 1. The van der Waals surface area contributed by atoms with Gasteiger partial charge in [0.1, 0.15) is 29.0 Å². The molecule has 4 aliphatic carbocycles. The summed E-state index contributed by atoms with van der Waals surface area (Å²) in [5, 5.41) is 42.4. The number of nitrogens with two attached hydrogens (primary N) is 1. The fourth-order valence-corrected chi connectivity index (χ4v) is 15.3. The number of ketones is 4. The topological polar surface area (TPSA) is 253 Å². The van der Waals surface area contributed by atoms with Crippen molar-refractivity contribution in [2.24, 2.45) is 34.4 Å². The number of benzene rings is 4. The third-order valence-electron chi connectivity index (χ3n) is 19.8. The minimum Gasteiger partial charge on any atom is -0.480 e. The lowest BCUT2D eigenvalue weighted by molar-refractivity contribution is -0.159. The Morgan fingerprint density at radius 2 is 1.02 bits per heavy atom. The third kappa shape index (κ3) is 19.1. The number of nitrogens with one attached hydrogen (secondary N) is 1. The third-order valence-corrected chi connectivity index (χ3v) is 19.8. The van der Waals surface area contributed by atoms with Gasteiger partial charge in [0.2, 0.25) is 0 Å². The Labute approximate surface area is 546 Å². The lowest BCUT2D eigenvalue weighted by atomic mass is 9.70. The lowest BCUT2D eigenvalue weighted by Crippen LogP contribution is -2.65. The van der Waals surface area contributed by atoms with E-state index in [1.807, 2.05) is 98.8 Å². The van der Waals surface area contributed by atoms with E-state index in [0.29, 0.717) is 48.7 Å². The predicted molar refractivity (Wildman–Crippen MR) is 360 cm³/mol. The second-order valence-corrected chi connectivity index (χ2v) is 27.6. The standard InChI is InChI=1S/C17H23NO2.C17H21NO.C13H21NO5.C11H13NO.C9H15NO2.C8H11N/c1-11(13-6-4-3-5-7-13)18-14-8-9-15(16(20)10-14)17(18)12(2)19;1-12(14-6-4-3-5-7-14)18-16-10-8-15(9-11-16)17(18)13(2)19;1-13(2,3)19-12(18)14-7-4-5-8(9(15)6-7)10(14)11(16)17;1-9(13)8-12-10(2)11-6-4-3-5-7-11;1-5(11)9-7-3-2-6(10-9)4-8(7)12;1-7(9)8-5-3-2-4-6-8/h3-7,11,14-17,20H,8-10H2,1-2H3;3-8,10,12,15-17H,9,11H2,1-2H3;7-10,15H,4-6H2,1-3H3,(H,16,17);3-8,10H,1-2H3;6-10,12H,2-4H2,1H3;2-7H,9H2,1H3/t11-,14+,15-,16-,17-;12-,15+,16-,17-;7-,8+,9+,10-;10-;6-,7+,8+,9+;7-/m110101/s1. The van der Waals surface area contributed by atoms with Crippen LogP contribution in [-0.4, -0.2) is 149 Å². The van der Waals surface area contributed by atoms with Gasteiger partial charge in [0, 0.05) is 67.0 Å². The number of carboxylic acid groups (broad SMARTS) is 1. The van der Waals surface area contributed by atoms with E-state index in [0.717, 1.165) is 56.9 Å². The molecule has 16 rings (SSSR count). The fraction of sp³-hybridized carbons (Fsp3) is 0.560. The van der Waals surface area contributed by atoms with Gasteiger partial charge in [-0.05, 0) is 168 Å². The van der Waals surface area contributed by atoms with Crippen LogP contribution in [0.25, 0.3) is 0 Å². The first-order valence-electron chi connectivity index (χ1n) is 33.4. The van der Waals surface area contributed by atoms with Gasteiger partial charge in [0.25, 0.3) is 0 Å². The number of hydrogen-bond donors (Lipinski definition) is 6. The van der Waals surface area contributed by atoms with Crippen molar-refractivity contribution in [3.05, 3.63) is 156 Å². The van der Waals surface area contributed by atoms with Gasteiger partial charge in [0.05, 0.1) is 48.7 Å². The van der Waals surface area contributed by atoms with Crippen molar-refractivity contribution >= 4 is 41.4 Å². The molecule has 3 saturated carbocycles. The van der Waals surface area contributed by atoms with Gasteiger partial charge in [-0.2, -0.15) is 0 Å². The highest BCUT2D eigenvalue weighted by molar-refractivity contribution is 6.26. The zero-order chi connectivity index (χ0) is 67.1. The highest BCUT2D eigenvalue weighted by Crippen LogP contribution is 2.45. The smallest absolute Gasteiger partial charge is 0.411 e. The lowest BCUT2D eigenvalue weighted by Gasteiger charge is -2.54. The van der Waals surface area contributed by atoms with Crippen LogP contribution in [0.3, 0.4) is 0 Å². The molecule has 4 aromatic rings. The molecule has 0 unspecified atom stereocenters. The first kappa shape index (κ1) is 72.8. The van der Waals surface area contributed by atoms with Crippen molar-refractivity contribution in [1.29, 1.82) is 0 Å². The summed E-state index contributed by atoms with van der Waals surface area (Å²) >= 11 is 0. The molecule has 0 spiro atoms. The Bertz CT molecular complexity index is 3090. The van der Waals surface area contributed by atoms with E-state index in [4.69, 9.17) is 10.5 Å². The summed E-state index contributed by atoms with van der Waals surface area (Å²) < 4.78 is 5.29. The molecular weight excluding hydrogens is 1160 g/mol. The average molecular weight is 1270 g/mol. The summed E-state index contributed by atoms with van der Waals surface area (Å²) in [6.45, 7) is 20.1. The number of hydrogen-bond acceptors (Lipinski definition) is 15. The van der Waals surface area contributed by atoms with Gasteiger partial charge in [-0.1, -0.05) is 133 Å². The van der Waals surface area contributed by atoms with Gasteiger partial charge < -0.3 is 36.2 Å². The van der Waals surface area contributed by atoms with Gasteiger partial charge in [-0.3, -0.25) is 38.9 Å². The zero-order valence-electron chi connectivity index (χ0n) is 56.0. The Morgan fingerprint density at radius 3 is 1.43 bits per heavy atom. The van der Waals surface area contributed by atoms with Crippen LogP contribution >= 0.6 is 0 Å². The molecule has 1 amide bonds. The van der Waals surface area contributed by atoms with Gasteiger partial charge in [-0.25, -0.2) is 9.59 Å². The van der Waals surface area contributed by atoms with E-state index in [-0.39, 0.29) is 83.7 Å². The molecule has 8 heterocycles. The molecule has 92 heavy (non-hydrogen) atoms. The number of nitrogens with zero attached hydrogens (tertiary/aromatic N) is 4. The quantitative estimate of drug-likeness (QED) is 0.0570. The molecule has 10 fully saturated rings. The first-order chi connectivity index (χ1) is 43.7. The minimum atomic E-state index is -1.07. The molecule has 19 atom stereocenters. The van der Waals surface area contributed by atoms with Crippen LogP contribution in [0, 0.1) is 23.7 Å². The zero-order valence-corrected chi connectivity index (χ0v) is 56.0. The summed E-state index contributed by atoms with van der Waals surface area (Å²) in [6, 6.07) is 41.4. The molecule has 7 saturated heterocycles. The molecule has 17 heteroatoms. The van der Waals surface area contributed by atoms with Crippen molar-refractivity contribution in [2.45, 2.75) is 243 Å². The van der Waals surface area contributed by atoms with Crippen LogP contribution in [-0.2, 0) is 28.7 Å². The van der Waals surface area contributed by atoms with Crippen LogP contribution in [0.5, 0.6) is 0 Å². The molecule has 8 bridgehead atoms. The molecule has 12 aliphatic rings. The highest BCUT2D eigenvalue weighted by Gasteiger charge is 2.54. The summed E-state index contributed by atoms with van der Waals surface area (Å²) in [4.78, 5) is 79.8. The number of carbonyl (C=O) groups is 6. The SMILES string of the molecule is CC(=O)C=N[C@H](C)c1ccccc1.CC(=O)[C@@H]1[C@@H]2CC[C@@H](C[C@H]2O)N1[C@H](C)c1ccccc1.CC(=O)[C@@H]1[C@H]2C=C[C@H](CC2)N1[C@H](C)c1ccccc1.CC(=O)[C@H]1N[C@H]2CC[C@@H]1[C@H](O)C2.CC(C)(C)OC(=O)N1[C@H]2CC[C@H]([C@H](O)C2)[C@H]1C(=O)O.C[C@@H](N)c1ccccc1. The summed E-state index contributed by atoms with van der Waals surface area (Å²) in [7, 11) is 0.